The van der Waals surface area contributed by atoms with Gasteiger partial charge in [-0.2, -0.15) is 0 Å². The molecule has 0 spiro atoms. The number of nitrogens with zero attached hydrogens (tertiary/aromatic N) is 1. The predicted molar refractivity (Wildman–Crippen MR) is 89.6 cm³/mol. The van der Waals surface area contributed by atoms with E-state index in [9.17, 15) is 0 Å². The Kier molecular flexibility index (Phi) is 4.72. The third kappa shape index (κ3) is 3.74. The maximum Gasteiger partial charge on any atom is 0.0101 e. The molecule has 3 rings (SSSR count). The van der Waals surface area contributed by atoms with Crippen molar-refractivity contribution in [2.45, 2.75) is 25.7 Å². The highest BCUT2D eigenvalue weighted by atomic mass is 15.1. The Bertz CT molecular complexity index is 495. The van der Waals surface area contributed by atoms with Crippen LogP contribution in [0.5, 0.6) is 0 Å². The van der Waals surface area contributed by atoms with E-state index in [1.807, 2.05) is 0 Å². The van der Waals surface area contributed by atoms with Gasteiger partial charge in [0.2, 0.25) is 0 Å². The van der Waals surface area contributed by atoms with Crippen molar-refractivity contribution in [1.29, 1.82) is 0 Å². The maximum absolute atomic E-state index is 2.63. The molecule has 1 heterocycles. The highest BCUT2D eigenvalue weighted by molar-refractivity contribution is 5.32. The summed E-state index contributed by atoms with van der Waals surface area (Å²) in [5.41, 5.74) is 2.88. The molecule has 2 aromatic rings. The van der Waals surface area contributed by atoms with Gasteiger partial charge in [-0.3, -0.25) is 0 Å². The first kappa shape index (κ1) is 14.3. The molecule has 1 aliphatic heterocycles. The monoisotopic (exact) mass is 279 g/mol. The largest absolute Gasteiger partial charge is 0.303 e. The van der Waals surface area contributed by atoms with Crippen LogP contribution in [0, 0.1) is 5.92 Å². The Morgan fingerprint density at radius 1 is 0.952 bits per heavy atom. The van der Waals surface area contributed by atoms with E-state index in [0.717, 1.165) is 5.92 Å². The van der Waals surface area contributed by atoms with Crippen molar-refractivity contribution in [1.82, 2.24) is 4.90 Å². The van der Waals surface area contributed by atoms with Crippen molar-refractivity contribution in [2.24, 2.45) is 5.92 Å². The molecule has 0 aliphatic carbocycles. The van der Waals surface area contributed by atoms with Gasteiger partial charge in [-0.25, -0.2) is 0 Å². The minimum atomic E-state index is 0.517. The Morgan fingerprint density at radius 2 is 1.52 bits per heavy atom. The second kappa shape index (κ2) is 6.91. The van der Waals surface area contributed by atoms with E-state index in [-0.39, 0.29) is 0 Å². The Balaban J connectivity index is 1.74. The van der Waals surface area contributed by atoms with E-state index in [4.69, 9.17) is 0 Å². The summed E-state index contributed by atoms with van der Waals surface area (Å²) in [7, 11) is 0. The summed E-state index contributed by atoms with van der Waals surface area (Å²) < 4.78 is 0. The predicted octanol–water partition coefficient (Wildman–Crippen LogP) is 4.55. The van der Waals surface area contributed by atoms with Gasteiger partial charge >= 0.3 is 0 Å². The zero-order chi connectivity index (χ0) is 14.5. The van der Waals surface area contributed by atoms with E-state index in [1.54, 1.807) is 0 Å². The fourth-order valence-corrected chi connectivity index (χ4v) is 3.44. The van der Waals surface area contributed by atoms with Crippen LogP contribution in [0.2, 0.25) is 0 Å². The summed E-state index contributed by atoms with van der Waals surface area (Å²) in [5.74, 6) is 1.39. The van der Waals surface area contributed by atoms with Gasteiger partial charge in [0.05, 0.1) is 0 Å². The number of rotatable bonds is 5. The summed E-state index contributed by atoms with van der Waals surface area (Å²) in [6, 6.07) is 21.9. The van der Waals surface area contributed by atoms with Gasteiger partial charge < -0.3 is 4.90 Å². The summed E-state index contributed by atoms with van der Waals surface area (Å²) in [6.45, 7) is 6.12. The van der Waals surface area contributed by atoms with E-state index >= 15 is 0 Å². The van der Waals surface area contributed by atoms with Crippen molar-refractivity contribution < 1.29 is 0 Å². The molecular weight excluding hydrogens is 254 g/mol. The molecule has 1 fully saturated rings. The van der Waals surface area contributed by atoms with Crippen LogP contribution < -0.4 is 0 Å². The van der Waals surface area contributed by atoms with Crippen LogP contribution in [0.4, 0.5) is 0 Å². The minimum absolute atomic E-state index is 0.517. The van der Waals surface area contributed by atoms with Crippen LogP contribution in [-0.2, 0) is 0 Å². The number of likely N-dealkylation sites (tertiary alicyclic amines) is 1. The van der Waals surface area contributed by atoms with Gasteiger partial charge in [-0.1, -0.05) is 67.6 Å². The standard InChI is InChI=1S/C20H25N/c1-17-12-14-21(16-17)15-13-20(18-8-4-2-5-9-18)19-10-6-3-7-11-19/h2-11,17,20H,12-16H2,1H3. The van der Waals surface area contributed by atoms with Gasteiger partial charge in [0.25, 0.3) is 0 Å². The van der Waals surface area contributed by atoms with Gasteiger partial charge in [0.1, 0.15) is 0 Å². The molecule has 0 saturated carbocycles. The summed E-state index contributed by atoms with van der Waals surface area (Å²) in [6.07, 6.45) is 2.57. The van der Waals surface area contributed by atoms with Gasteiger partial charge in [-0.15, -0.1) is 0 Å². The van der Waals surface area contributed by atoms with Crippen LogP contribution in [0.1, 0.15) is 36.8 Å². The lowest BCUT2D eigenvalue weighted by molar-refractivity contribution is 0.317. The van der Waals surface area contributed by atoms with E-state index in [0.29, 0.717) is 5.92 Å². The van der Waals surface area contributed by atoms with Crippen molar-refractivity contribution >= 4 is 0 Å². The molecule has 2 aromatic carbocycles. The molecular formula is C20H25N. The fraction of sp³-hybridized carbons (Fsp3) is 0.400. The molecule has 110 valence electrons. The number of benzene rings is 2. The highest BCUT2D eigenvalue weighted by Gasteiger charge is 2.20. The average Bonchev–Trinajstić information content (AvgIpc) is 2.95. The zero-order valence-corrected chi connectivity index (χ0v) is 12.9. The Labute approximate surface area is 128 Å². The van der Waals surface area contributed by atoms with Crippen molar-refractivity contribution in [3.05, 3.63) is 71.8 Å². The molecule has 0 bridgehead atoms. The Morgan fingerprint density at radius 3 is 2.00 bits per heavy atom. The normalized spacial score (nSPS) is 19.2. The topological polar surface area (TPSA) is 3.24 Å². The van der Waals surface area contributed by atoms with E-state index in [1.165, 1.54) is 43.6 Å². The molecule has 0 radical (unpaired) electrons. The second-order valence-electron chi connectivity index (χ2n) is 6.36. The molecule has 1 heteroatoms. The van der Waals surface area contributed by atoms with Crippen LogP contribution in [-0.4, -0.2) is 24.5 Å². The first-order chi connectivity index (χ1) is 10.3. The van der Waals surface area contributed by atoms with Gasteiger partial charge in [0.15, 0.2) is 0 Å². The molecule has 1 atom stereocenters. The molecule has 21 heavy (non-hydrogen) atoms. The molecule has 0 N–H and O–H groups in total. The van der Waals surface area contributed by atoms with Crippen molar-refractivity contribution in [3.8, 4) is 0 Å². The number of hydrogen-bond acceptors (Lipinski definition) is 1. The van der Waals surface area contributed by atoms with Crippen LogP contribution >= 0.6 is 0 Å². The quantitative estimate of drug-likeness (QED) is 0.776. The van der Waals surface area contributed by atoms with Crippen molar-refractivity contribution in [3.63, 3.8) is 0 Å². The fourth-order valence-electron chi connectivity index (χ4n) is 3.44. The maximum atomic E-state index is 2.63. The smallest absolute Gasteiger partial charge is 0.0101 e. The highest BCUT2D eigenvalue weighted by Crippen LogP contribution is 2.29. The van der Waals surface area contributed by atoms with Gasteiger partial charge in [-0.05, 0) is 43.0 Å². The summed E-state index contributed by atoms with van der Waals surface area (Å²) in [5, 5.41) is 0. The molecule has 0 amide bonds. The molecule has 1 aliphatic rings. The Hall–Kier alpha value is -1.60. The molecule has 0 aromatic heterocycles. The molecule has 1 nitrogen and oxygen atoms in total. The van der Waals surface area contributed by atoms with Crippen LogP contribution in [0.25, 0.3) is 0 Å². The van der Waals surface area contributed by atoms with Crippen molar-refractivity contribution in [2.75, 3.05) is 19.6 Å². The lowest BCUT2D eigenvalue weighted by Gasteiger charge is -2.22. The first-order valence-electron chi connectivity index (χ1n) is 8.15. The zero-order valence-electron chi connectivity index (χ0n) is 12.9. The third-order valence-electron chi connectivity index (χ3n) is 4.65. The first-order valence-corrected chi connectivity index (χ1v) is 8.15. The van der Waals surface area contributed by atoms with E-state index in [2.05, 4.69) is 72.5 Å². The lowest BCUT2D eigenvalue weighted by atomic mass is 9.88. The minimum Gasteiger partial charge on any atom is -0.303 e. The van der Waals surface area contributed by atoms with Gasteiger partial charge in [0, 0.05) is 12.5 Å². The second-order valence-corrected chi connectivity index (χ2v) is 6.36. The lowest BCUT2D eigenvalue weighted by Crippen LogP contribution is -2.23. The summed E-state index contributed by atoms with van der Waals surface area (Å²) in [4.78, 5) is 2.63. The van der Waals surface area contributed by atoms with Crippen LogP contribution in [0.15, 0.2) is 60.7 Å². The summed E-state index contributed by atoms with van der Waals surface area (Å²) >= 11 is 0. The SMILES string of the molecule is CC1CCN(CCC(c2ccccc2)c2ccccc2)C1. The van der Waals surface area contributed by atoms with E-state index < -0.39 is 0 Å². The third-order valence-corrected chi connectivity index (χ3v) is 4.65. The molecule has 1 saturated heterocycles. The van der Waals surface area contributed by atoms with Crippen LogP contribution in [0.3, 0.4) is 0 Å². The average molecular weight is 279 g/mol. The number of hydrogen-bond donors (Lipinski definition) is 0. The molecule has 1 unspecified atom stereocenters.